The van der Waals surface area contributed by atoms with Crippen LogP contribution in [-0.2, 0) is 6.54 Å². The summed E-state index contributed by atoms with van der Waals surface area (Å²) in [6.07, 6.45) is 1.68. The summed E-state index contributed by atoms with van der Waals surface area (Å²) in [6.45, 7) is 4.25. The van der Waals surface area contributed by atoms with Crippen molar-refractivity contribution in [2.24, 2.45) is 0 Å². The third-order valence-electron chi connectivity index (χ3n) is 4.95. The zero-order valence-corrected chi connectivity index (χ0v) is 18.4. The highest BCUT2D eigenvalue weighted by Gasteiger charge is 2.12. The fraction of sp³-hybridized carbons (Fsp3) is 0.167. The zero-order valence-electron chi connectivity index (χ0n) is 17.6. The van der Waals surface area contributed by atoms with Crippen LogP contribution in [0.4, 0.5) is 4.39 Å². The van der Waals surface area contributed by atoms with Crippen LogP contribution in [-0.4, -0.2) is 31.1 Å². The molecular weight excluding hydrogens is 429 g/mol. The first kappa shape index (κ1) is 21.6. The number of halogens is 2. The van der Waals surface area contributed by atoms with Gasteiger partial charge in [-0.05, 0) is 67.9 Å². The van der Waals surface area contributed by atoms with Gasteiger partial charge in [-0.15, -0.1) is 17.5 Å². The van der Waals surface area contributed by atoms with Crippen molar-refractivity contribution in [1.29, 1.82) is 0 Å². The Balaban J connectivity index is 0.00000245. The molecule has 0 aliphatic heterocycles. The molecule has 0 aliphatic carbocycles. The van der Waals surface area contributed by atoms with E-state index >= 15 is 0 Å². The molecule has 2 aromatic carbocycles. The molecule has 5 rings (SSSR count). The molecule has 0 aliphatic rings. The Morgan fingerprint density at radius 2 is 1.84 bits per heavy atom. The van der Waals surface area contributed by atoms with Gasteiger partial charge in [-0.25, -0.2) is 14.1 Å². The molecule has 32 heavy (non-hydrogen) atoms. The second kappa shape index (κ2) is 8.88. The number of hydrogen-bond acceptors (Lipinski definition) is 5. The lowest BCUT2D eigenvalue weighted by molar-refractivity contribution is 0.231. The van der Waals surface area contributed by atoms with E-state index in [4.69, 9.17) is 9.72 Å². The topological polar surface area (TPSA) is 65.7 Å². The predicted molar refractivity (Wildman–Crippen MR) is 125 cm³/mol. The van der Waals surface area contributed by atoms with Crippen LogP contribution in [0.15, 0.2) is 66.9 Å². The summed E-state index contributed by atoms with van der Waals surface area (Å²) in [5.41, 5.74) is 4.66. The van der Waals surface area contributed by atoms with Crippen molar-refractivity contribution in [2.45, 2.75) is 26.5 Å². The van der Waals surface area contributed by atoms with Gasteiger partial charge in [0.2, 0.25) is 0 Å². The maximum atomic E-state index is 14.5. The minimum Gasteiger partial charge on any atom is -0.488 e. The van der Waals surface area contributed by atoms with Crippen LogP contribution in [0.1, 0.15) is 19.4 Å². The van der Waals surface area contributed by atoms with E-state index in [2.05, 4.69) is 21.4 Å². The molecule has 0 bridgehead atoms. The summed E-state index contributed by atoms with van der Waals surface area (Å²) in [6, 6.07) is 18.6. The minimum absolute atomic E-state index is 0. The summed E-state index contributed by atoms with van der Waals surface area (Å²) < 4.78 is 21.7. The zero-order chi connectivity index (χ0) is 21.4. The Bertz CT molecular complexity index is 1400. The highest BCUT2D eigenvalue weighted by molar-refractivity contribution is 5.85. The third kappa shape index (κ3) is 4.24. The molecule has 0 saturated heterocycles. The normalized spacial score (nSPS) is 11.1. The van der Waals surface area contributed by atoms with E-state index in [1.165, 1.54) is 6.07 Å². The van der Waals surface area contributed by atoms with E-state index in [0.29, 0.717) is 29.0 Å². The van der Waals surface area contributed by atoms with Crippen molar-refractivity contribution in [3.8, 4) is 17.0 Å². The maximum absolute atomic E-state index is 14.5. The molecule has 8 heteroatoms. The first-order chi connectivity index (χ1) is 15.1. The smallest absolute Gasteiger partial charge is 0.179 e. The molecule has 0 unspecified atom stereocenters. The fourth-order valence-electron chi connectivity index (χ4n) is 3.53. The van der Waals surface area contributed by atoms with Gasteiger partial charge in [-0.1, -0.05) is 17.3 Å². The van der Waals surface area contributed by atoms with Crippen LogP contribution >= 0.6 is 12.4 Å². The second-order valence-corrected chi connectivity index (χ2v) is 7.63. The average molecular weight is 450 g/mol. The largest absolute Gasteiger partial charge is 0.488 e. The monoisotopic (exact) mass is 449 g/mol. The molecule has 0 spiro atoms. The number of benzene rings is 2. The standard InChI is InChI=1S/C24H20FN5O.ClH/c1-15(2)31-23-10-6-18(13-19(23)25)21-8-9-22-24(27-21)30(29-28-22)14-16-5-7-20-17(12-16)4-3-11-26-20;/h3-13,15H,14H2,1-2H3;1H. The predicted octanol–water partition coefficient (Wildman–Crippen LogP) is 5.44. The summed E-state index contributed by atoms with van der Waals surface area (Å²) >= 11 is 0. The highest BCUT2D eigenvalue weighted by Crippen LogP contribution is 2.26. The summed E-state index contributed by atoms with van der Waals surface area (Å²) in [5.74, 6) is -0.179. The summed E-state index contributed by atoms with van der Waals surface area (Å²) in [5, 5.41) is 9.55. The molecule has 6 nitrogen and oxygen atoms in total. The van der Waals surface area contributed by atoms with Crippen molar-refractivity contribution >= 4 is 34.5 Å². The van der Waals surface area contributed by atoms with Gasteiger partial charge in [0.05, 0.1) is 23.9 Å². The molecule has 0 amide bonds. The summed E-state index contributed by atoms with van der Waals surface area (Å²) in [7, 11) is 0. The highest BCUT2D eigenvalue weighted by atomic mass is 35.5. The van der Waals surface area contributed by atoms with Crippen molar-refractivity contribution in [1.82, 2.24) is 25.0 Å². The van der Waals surface area contributed by atoms with Crippen molar-refractivity contribution in [3.63, 3.8) is 0 Å². The van der Waals surface area contributed by atoms with Gasteiger partial charge in [0.25, 0.3) is 0 Å². The van der Waals surface area contributed by atoms with Gasteiger partial charge in [0.15, 0.2) is 17.2 Å². The molecule has 0 saturated carbocycles. The molecule has 0 radical (unpaired) electrons. The van der Waals surface area contributed by atoms with Crippen LogP contribution in [0.5, 0.6) is 5.75 Å². The maximum Gasteiger partial charge on any atom is 0.179 e. The van der Waals surface area contributed by atoms with Gasteiger partial charge in [0, 0.05) is 17.1 Å². The first-order valence-electron chi connectivity index (χ1n) is 10.1. The number of fused-ring (bicyclic) bond motifs is 2. The van der Waals surface area contributed by atoms with E-state index in [0.717, 1.165) is 16.5 Å². The van der Waals surface area contributed by atoms with E-state index in [9.17, 15) is 4.39 Å². The van der Waals surface area contributed by atoms with Crippen LogP contribution < -0.4 is 4.74 Å². The molecule has 0 N–H and O–H groups in total. The SMILES string of the molecule is CC(C)Oc1ccc(-c2ccc3nnn(Cc4ccc5ncccc5c4)c3n2)cc1F.Cl. The molecule has 162 valence electrons. The molecule has 0 fully saturated rings. The van der Waals surface area contributed by atoms with E-state index < -0.39 is 5.82 Å². The number of nitrogens with zero attached hydrogens (tertiary/aromatic N) is 5. The van der Waals surface area contributed by atoms with E-state index in [-0.39, 0.29) is 24.3 Å². The van der Waals surface area contributed by atoms with E-state index in [1.807, 2.05) is 50.2 Å². The van der Waals surface area contributed by atoms with Crippen molar-refractivity contribution in [2.75, 3.05) is 0 Å². The lowest BCUT2D eigenvalue weighted by atomic mass is 10.1. The quantitative estimate of drug-likeness (QED) is 0.357. The molecular formula is C24H21ClFN5O. The van der Waals surface area contributed by atoms with Gasteiger partial charge in [-0.2, -0.15) is 0 Å². The molecule has 3 aromatic heterocycles. The Kier molecular flexibility index (Phi) is 6.01. The number of aromatic nitrogens is 5. The fourth-order valence-corrected chi connectivity index (χ4v) is 3.53. The van der Waals surface area contributed by atoms with Crippen LogP contribution in [0.25, 0.3) is 33.3 Å². The van der Waals surface area contributed by atoms with Gasteiger partial charge in [0.1, 0.15) is 5.52 Å². The Labute approximate surface area is 190 Å². The lowest BCUT2D eigenvalue weighted by Crippen LogP contribution is -2.07. The Morgan fingerprint density at radius 3 is 2.66 bits per heavy atom. The van der Waals surface area contributed by atoms with Crippen LogP contribution in [0.3, 0.4) is 0 Å². The van der Waals surface area contributed by atoms with Crippen LogP contribution in [0.2, 0.25) is 0 Å². The van der Waals surface area contributed by atoms with Gasteiger partial charge >= 0.3 is 0 Å². The van der Waals surface area contributed by atoms with Crippen LogP contribution in [0, 0.1) is 5.82 Å². The van der Waals surface area contributed by atoms with E-state index in [1.54, 1.807) is 23.0 Å². The Hall–Kier alpha value is -3.58. The average Bonchev–Trinajstić information content (AvgIpc) is 3.17. The minimum atomic E-state index is -0.412. The van der Waals surface area contributed by atoms with Crippen molar-refractivity contribution < 1.29 is 9.13 Å². The first-order valence-corrected chi connectivity index (χ1v) is 10.1. The molecule has 5 aromatic rings. The molecule has 0 atom stereocenters. The lowest BCUT2D eigenvalue weighted by Gasteiger charge is -2.11. The third-order valence-corrected chi connectivity index (χ3v) is 4.95. The number of hydrogen-bond donors (Lipinski definition) is 0. The van der Waals surface area contributed by atoms with Gasteiger partial charge in [-0.3, -0.25) is 4.98 Å². The Morgan fingerprint density at radius 1 is 1.00 bits per heavy atom. The number of pyridine rings is 2. The molecule has 3 heterocycles. The number of rotatable bonds is 5. The second-order valence-electron chi connectivity index (χ2n) is 7.63. The summed E-state index contributed by atoms with van der Waals surface area (Å²) in [4.78, 5) is 9.07. The van der Waals surface area contributed by atoms with Gasteiger partial charge < -0.3 is 4.74 Å². The number of ether oxygens (including phenoxy) is 1. The van der Waals surface area contributed by atoms with Crippen molar-refractivity contribution in [3.05, 3.63) is 78.2 Å².